The van der Waals surface area contributed by atoms with E-state index in [4.69, 9.17) is 9.47 Å². The van der Waals surface area contributed by atoms with E-state index >= 15 is 0 Å². The fourth-order valence-electron chi connectivity index (χ4n) is 3.47. The van der Waals surface area contributed by atoms with Crippen LogP contribution in [0.4, 0.5) is 0 Å². The molecule has 7 nitrogen and oxygen atoms in total. The van der Waals surface area contributed by atoms with Gasteiger partial charge in [0.05, 0.1) is 19.8 Å². The Morgan fingerprint density at radius 3 is 2.47 bits per heavy atom. The molecule has 0 unspecified atom stereocenters. The first-order chi connectivity index (χ1) is 14.2. The molecule has 2 aliphatic rings. The van der Waals surface area contributed by atoms with E-state index in [0.717, 1.165) is 55.3 Å². The molecular weight excluding hydrogens is 495 g/mol. The van der Waals surface area contributed by atoms with Crippen LogP contribution in [-0.2, 0) is 11.3 Å². The molecule has 0 heterocycles. The maximum Gasteiger partial charge on any atom is 0.223 e. The normalized spacial score (nSPS) is 16.5. The highest BCUT2D eigenvalue weighted by molar-refractivity contribution is 14.0. The zero-order valence-corrected chi connectivity index (χ0v) is 20.4. The van der Waals surface area contributed by atoms with Crippen molar-refractivity contribution in [1.82, 2.24) is 16.0 Å². The number of guanidine groups is 1. The summed E-state index contributed by atoms with van der Waals surface area (Å²) in [5, 5.41) is 9.47. The lowest BCUT2D eigenvalue weighted by atomic mass is 10.2. The molecule has 2 aliphatic carbocycles. The number of hydrogen-bond donors (Lipinski definition) is 3. The summed E-state index contributed by atoms with van der Waals surface area (Å²) in [5.74, 6) is 2.71. The van der Waals surface area contributed by atoms with E-state index in [9.17, 15) is 4.79 Å². The maximum atomic E-state index is 11.7. The van der Waals surface area contributed by atoms with Crippen molar-refractivity contribution >= 4 is 35.8 Å². The van der Waals surface area contributed by atoms with E-state index in [1.165, 1.54) is 12.8 Å². The van der Waals surface area contributed by atoms with Crippen molar-refractivity contribution in [3.05, 3.63) is 23.8 Å². The SMILES string of the molecule is CCNC(=NCc1ccc(OC)c(OC2CCCC2)c1)NCCNC(=O)C1CC1.I. The van der Waals surface area contributed by atoms with E-state index in [0.29, 0.717) is 19.6 Å². The summed E-state index contributed by atoms with van der Waals surface area (Å²) in [6.07, 6.45) is 7.02. The van der Waals surface area contributed by atoms with Gasteiger partial charge in [0.2, 0.25) is 5.91 Å². The number of amides is 1. The van der Waals surface area contributed by atoms with Crippen molar-refractivity contribution in [3.63, 3.8) is 0 Å². The first-order valence-corrected chi connectivity index (χ1v) is 10.8. The molecule has 0 aliphatic heterocycles. The number of halogens is 1. The monoisotopic (exact) mass is 530 g/mol. The van der Waals surface area contributed by atoms with Crippen molar-refractivity contribution < 1.29 is 14.3 Å². The third-order valence-electron chi connectivity index (χ3n) is 5.25. The maximum absolute atomic E-state index is 11.7. The Morgan fingerprint density at radius 1 is 1.07 bits per heavy atom. The minimum Gasteiger partial charge on any atom is -0.493 e. The van der Waals surface area contributed by atoms with E-state index < -0.39 is 0 Å². The van der Waals surface area contributed by atoms with Gasteiger partial charge in [0.15, 0.2) is 17.5 Å². The van der Waals surface area contributed by atoms with Crippen molar-refractivity contribution in [2.24, 2.45) is 10.9 Å². The Balaban J connectivity index is 0.00000320. The number of aliphatic imine (C=N–C) groups is 1. The van der Waals surface area contributed by atoms with Crippen LogP contribution < -0.4 is 25.4 Å². The number of nitrogens with one attached hydrogen (secondary N) is 3. The number of methoxy groups -OCH3 is 1. The van der Waals surface area contributed by atoms with E-state index in [-0.39, 0.29) is 41.9 Å². The smallest absolute Gasteiger partial charge is 0.223 e. The lowest BCUT2D eigenvalue weighted by molar-refractivity contribution is -0.122. The van der Waals surface area contributed by atoms with Crippen LogP contribution >= 0.6 is 24.0 Å². The van der Waals surface area contributed by atoms with Gasteiger partial charge >= 0.3 is 0 Å². The van der Waals surface area contributed by atoms with Crippen LogP contribution in [0.15, 0.2) is 23.2 Å². The quantitative estimate of drug-likeness (QED) is 0.187. The fourth-order valence-corrected chi connectivity index (χ4v) is 3.47. The second kappa shape index (κ2) is 12.9. The zero-order chi connectivity index (χ0) is 20.5. The molecule has 1 amide bonds. The largest absolute Gasteiger partial charge is 0.493 e. The van der Waals surface area contributed by atoms with Crippen LogP contribution in [0.2, 0.25) is 0 Å². The molecule has 2 saturated carbocycles. The molecule has 0 bridgehead atoms. The lowest BCUT2D eigenvalue weighted by Crippen LogP contribution is -2.41. The van der Waals surface area contributed by atoms with Crippen LogP contribution in [0, 0.1) is 5.92 Å². The van der Waals surface area contributed by atoms with Crippen LogP contribution in [0.1, 0.15) is 51.0 Å². The van der Waals surface area contributed by atoms with E-state index in [1.807, 2.05) is 25.1 Å². The van der Waals surface area contributed by atoms with Crippen molar-refractivity contribution in [2.75, 3.05) is 26.7 Å². The minimum atomic E-state index is 0. The molecule has 3 N–H and O–H groups in total. The van der Waals surface area contributed by atoms with Gasteiger partial charge in [0.25, 0.3) is 0 Å². The van der Waals surface area contributed by atoms with Gasteiger partial charge in [-0.2, -0.15) is 0 Å². The topological polar surface area (TPSA) is 84.0 Å². The standard InChI is InChI=1S/C22H34N4O3.HI/c1-3-23-22(25-13-12-24-21(27)17-9-10-17)26-15-16-8-11-19(28-2)20(14-16)29-18-6-4-5-7-18;/h8,11,14,17-18H,3-7,9-10,12-13,15H2,1-2H3,(H,24,27)(H2,23,25,26);1H. The van der Waals surface area contributed by atoms with Crippen LogP contribution in [0.5, 0.6) is 11.5 Å². The van der Waals surface area contributed by atoms with Crippen LogP contribution in [-0.4, -0.2) is 44.7 Å². The summed E-state index contributed by atoms with van der Waals surface area (Å²) in [5.41, 5.74) is 1.07. The van der Waals surface area contributed by atoms with Crippen molar-refractivity contribution in [2.45, 2.75) is 58.1 Å². The second-order valence-electron chi connectivity index (χ2n) is 7.70. The zero-order valence-electron chi connectivity index (χ0n) is 18.0. The summed E-state index contributed by atoms with van der Waals surface area (Å²) >= 11 is 0. The Hall–Kier alpha value is -1.71. The number of hydrogen-bond acceptors (Lipinski definition) is 4. The van der Waals surface area contributed by atoms with Crippen LogP contribution in [0.3, 0.4) is 0 Å². The van der Waals surface area contributed by atoms with Crippen molar-refractivity contribution in [1.29, 1.82) is 0 Å². The number of ether oxygens (including phenoxy) is 2. The molecule has 0 radical (unpaired) electrons. The first kappa shape index (κ1) is 24.6. The minimum absolute atomic E-state index is 0. The molecule has 0 spiro atoms. The van der Waals surface area contributed by atoms with E-state index in [1.54, 1.807) is 7.11 Å². The summed E-state index contributed by atoms with van der Waals surface area (Å²) in [6, 6.07) is 5.99. The Kier molecular flexibility index (Phi) is 10.5. The molecule has 2 fully saturated rings. The molecule has 0 aromatic heterocycles. The number of carbonyl (C=O) groups excluding carboxylic acids is 1. The molecule has 0 atom stereocenters. The number of benzene rings is 1. The number of nitrogens with zero attached hydrogens (tertiary/aromatic N) is 1. The molecule has 1 aromatic carbocycles. The molecule has 0 saturated heterocycles. The molecule has 168 valence electrons. The summed E-state index contributed by atoms with van der Waals surface area (Å²) < 4.78 is 11.6. The summed E-state index contributed by atoms with van der Waals surface area (Å²) in [4.78, 5) is 16.3. The second-order valence-corrected chi connectivity index (χ2v) is 7.70. The van der Waals surface area contributed by atoms with Gasteiger partial charge in [-0.05, 0) is 63.1 Å². The van der Waals surface area contributed by atoms with Gasteiger partial charge < -0.3 is 25.4 Å². The van der Waals surface area contributed by atoms with Gasteiger partial charge in [-0.3, -0.25) is 4.79 Å². The third kappa shape index (κ3) is 7.85. The van der Waals surface area contributed by atoms with Gasteiger partial charge in [0, 0.05) is 25.6 Å². The summed E-state index contributed by atoms with van der Waals surface area (Å²) in [6.45, 7) is 4.59. The Labute approximate surface area is 196 Å². The molecule has 3 rings (SSSR count). The van der Waals surface area contributed by atoms with Crippen molar-refractivity contribution in [3.8, 4) is 11.5 Å². The predicted octanol–water partition coefficient (Wildman–Crippen LogP) is 3.22. The van der Waals surface area contributed by atoms with Gasteiger partial charge in [-0.1, -0.05) is 6.07 Å². The average Bonchev–Trinajstić information content (AvgIpc) is 3.46. The highest BCUT2D eigenvalue weighted by Gasteiger charge is 2.29. The number of rotatable bonds is 10. The molecule has 8 heteroatoms. The Morgan fingerprint density at radius 2 is 1.80 bits per heavy atom. The lowest BCUT2D eigenvalue weighted by Gasteiger charge is -2.17. The molecule has 1 aromatic rings. The van der Waals surface area contributed by atoms with Gasteiger partial charge in [-0.25, -0.2) is 4.99 Å². The highest BCUT2D eigenvalue weighted by Crippen LogP contribution is 2.32. The first-order valence-electron chi connectivity index (χ1n) is 10.8. The third-order valence-corrected chi connectivity index (χ3v) is 5.25. The highest BCUT2D eigenvalue weighted by atomic mass is 127. The Bertz CT molecular complexity index is 704. The fraction of sp³-hybridized carbons (Fsp3) is 0.636. The predicted molar refractivity (Wildman–Crippen MR) is 130 cm³/mol. The number of carbonyl (C=O) groups is 1. The van der Waals surface area contributed by atoms with Crippen LogP contribution in [0.25, 0.3) is 0 Å². The molecular formula is C22H35IN4O3. The van der Waals surface area contributed by atoms with Gasteiger partial charge in [-0.15, -0.1) is 24.0 Å². The summed E-state index contributed by atoms with van der Waals surface area (Å²) in [7, 11) is 1.67. The van der Waals surface area contributed by atoms with E-state index in [2.05, 4.69) is 20.9 Å². The van der Waals surface area contributed by atoms with Gasteiger partial charge in [0.1, 0.15) is 0 Å². The molecule has 30 heavy (non-hydrogen) atoms. The average molecular weight is 530 g/mol.